The summed E-state index contributed by atoms with van der Waals surface area (Å²) in [4.78, 5) is 3.46. The van der Waals surface area contributed by atoms with Gasteiger partial charge in [0.25, 0.3) is 22.3 Å². The number of sulfonamides is 1. The Labute approximate surface area is 158 Å². The summed E-state index contributed by atoms with van der Waals surface area (Å²) in [6.07, 6.45) is -1.78. The van der Waals surface area contributed by atoms with Crippen molar-refractivity contribution in [3.05, 3.63) is 23.8 Å². The maximum Gasteiger partial charge on any atom is 0.272 e. The van der Waals surface area contributed by atoms with Crippen LogP contribution in [0, 0.1) is 5.82 Å². The first kappa shape index (κ1) is 20.2. The first-order valence-corrected chi connectivity index (χ1v) is 9.54. The smallest absolute Gasteiger partial charge is 0.272 e. The van der Waals surface area contributed by atoms with Gasteiger partial charge in [0.15, 0.2) is 12.4 Å². The monoisotopic (exact) mass is 422 g/mol. The molecular weight excluding hydrogens is 405 g/mol. The number of halogens is 3. The molecule has 0 saturated heterocycles. The van der Waals surface area contributed by atoms with Crippen LogP contribution in [0.5, 0.6) is 11.8 Å². The third-order valence-electron chi connectivity index (χ3n) is 3.83. The van der Waals surface area contributed by atoms with Crippen LogP contribution in [0.4, 0.5) is 18.9 Å². The molecule has 0 spiro atoms. The number of alkyl halides is 2. The van der Waals surface area contributed by atoms with Crippen molar-refractivity contribution < 1.29 is 35.8 Å². The predicted octanol–water partition coefficient (Wildman–Crippen LogP) is 1.79. The fourth-order valence-corrected chi connectivity index (χ4v) is 3.77. The summed E-state index contributed by atoms with van der Waals surface area (Å²) in [6, 6.07) is 0.735. The van der Waals surface area contributed by atoms with Crippen molar-refractivity contribution in [2.75, 3.05) is 18.4 Å². The van der Waals surface area contributed by atoms with E-state index < -0.39 is 34.8 Å². The lowest BCUT2D eigenvalue weighted by molar-refractivity contribution is 0.0108. The van der Waals surface area contributed by atoms with Crippen LogP contribution >= 0.6 is 0 Å². The van der Waals surface area contributed by atoms with E-state index in [9.17, 15) is 21.6 Å². The molecule has 13 heteroatoms. The Morgan fingerprint density at radius 2 is 2.18 bits per heavy atom. The molecule has 0 fully saturated rings. The number of hydrogen-bond acceptors (Lipinski definition) is 7. The molecule has 154 valence electrons. The number of ether oxygens (including phenoxy) is 3. The Morgan fingerprint density at radius 3 is 2.86 bits per heavy atom. The van der Waals surface area contributed by atoms with Crippen LogP contribution in [0.15, 0.2) is 17.2 Å². The van der Waals surface area contributed by atoms with Crippen molar-refractivity contribution in [2.24, 2.45) is 0 Å². The zero-order valence-corrected chi connectivity index (χ0v) is 15.7. The Bertz CT molecular complexity index is 967. The molecule has 0 saturated carbocycles. The van der Waals surface area contributed by atoms with Crippen molar-refractivity contribution in [3.63, 3.8) is 0 Å². The highest BCUT2D eigenvalue weighted by Gasteiger charge is 2.29. The van der Waals surface area contributed by atoms with E-state index in [1.165, 1.54) is 4.68 Å². The molecule has 1 aliphatic rings. The molecule has 0 bridgehead atoms. The first-order chi connectivity index (χ1) is 13.2. The largest absolute Gasteiger partial charge is 0.479 e. The van der Waals surface area contributed by atoms with E-state index in [4.69, 9.17) is 9.47 Å². The summed E-state index contributed by atoms with van der Waals surface area (Å²) in [5.41, 5.74) is 0.0179. The van der Waals surface area contributed by atoms with Gasteiger partial charge in [-0.05, 0) is 6.92 Å². The normalized spacial score (nSPS) is 16.7. The molecule has 1 atom stereocenters. The standard InChI is InChI=1S/C15H17F3N4O5S/c1-8-5-22-11(6-26-8)12(4-19-22)28(23,24)21-10-3-9(16)14(20-15(10)25-2)27-7-13(17)18/h3-4,8,13,21H,5-7H2,1-2H3. The molecule has 3 heterocycles. The summed E-state index contributed by atoms with van der Waals surface area (Å²) in [5, 5.41) is 4.04. The molecule has 2 aromatic rings. The number of aromatic nitrogens is 3. The van der Waals surface area contributed by atoms with E-state index in [0.717, 1.165) is 19.4 Å². The fraction of sp³-hybridized carbons (Fsp3) is 0.467. The minimum absolute atomic E-state index is 0.0432. The van der Waals surface area contributed by atoms with E-state index in [0.29, 0.717) is 12.2 Å². The summed E-state index contributed by atoms with van der Waals surface area (Å²) < 4.78 is 82.7. The van der Waals surface area contributed by atoms with Crippen LogP contribution in [-0.4, -0.2) is 49.4 Å². The summed E-state index contributed by atoms with van der Waals surface area (Å²) in [5.74, 6) is -2.21. The average Bonchev–Trinajstić information content (AvgIpc) is 3.04. The second-order valence-corrected chi connectivity index (χ2v) is 7.55. The van der Waals surface area contributed by atoms with E-state index in [-0.39, 0.29) is 29.2 Å². The highest BCUT2D eigenvalue weighted by molar-refractivity contribution is 7.92. The summed E-state index contributed by atoms with van der Waals surface area (Å²) in [6.45, 7) is 1.19. The molecule has 3 rings (SSSR count). The van der Waals surface area contributed by atoms with Gasteiger partial charge in [-0.2, -0.15) is 10.1 Å². The second-order valence-electron chi connectivity index (χ2n) is 5.90. The summed E-state index contributed by atoms with van der Waals surface area (Å²) in [7, 11) is -3.02. The Kier molecular flexibility index (Phi) is 5.65. The number of anilines is 1. The van der Waals surface area contributed by atoms with Crippen LogP contribution in [0.3, 0.4) is 0 Å². The first-order valence-electron chi connectivity index (χ1n) is 8.06. The predicted molar refractivity (Wildman–Crippen MR) is 89.5 cm³/mol. The number of nitrogens with zero attached hydrogens (tertiary/aromatic N) is 3. The molecule has 1 aliphatic heterocycles. The van der Waals surface area contributed by atoms with Crippen LogP contribution in [-0.2, 0) is 27.9 Å². The van der Waals surface area contributed by atoms with Crippen molar-refractivity contribution in [3.8, 4) is 11.8 Å². The van der Waals surface area contributed by atoms with E-state index >= 15 is 0 Å². The molecule has 1 unspecified atom stereocenters. The number of methoxy groups -OCH3 is 1. The van der Waals surface area contributed by atoms with Crippen LogP contribution < -0.4 is 14.2 Å². The zero-order chi connectivity index (χ0) is 20.5. The van der Waals surface area contributed by atoms with Crippen LogP contribution in [0.1, 0.15) is 12.6 Å². The average molecular weight is 422 g/mol. The molecule has 9 nitrogen and oxygen atoms in total. The zero-order valence-electron chi connectivity index (χ0n) is 14.9. The van der Waals surface area contributed by atoms with E-state index in [1.54, 1.807) is 0 Å². The maximum atomic E-state index is 14.1. The fourth-order valence-electron chi connectivity index (χ4n) is 2.57. The maximum absolute atomic E-state index is 14.1. The molecule has 0 amide bonds. The van der Waals surface area contributed by atoms with Crippen molar-refractivity contribution in [1.82, 2.24) is 14.8 Å². The topological polar surface area (TPSA) is 105 Å². The molecule has 28 heavy (non-hydrogen) atoms. The van der Waals surface area contributed by atoms with Gasteiger partial charge >= 0.3 is 0 Å². The van der Waals surface area contributed by atoms with Crippen molar-refractivity contribution in [2.45, 2.75) is 37.5 Å². The van der Waals surface area contributed by atoms with Gasteiger partial charge in [0.2, 0.25) is 5.88 Å². The lowest BCUT2D eigenvalue weighted by Crippen LogP contribution is -2.26. The van der Waals surface area contributed by atoms with E-state index in [2.05, 4.69) is 19.5 Å². The van der Waals surface area contributed by atoms with E-state index in [1.807, 2.05) is 6.92 Å². The number of hydrogen-bond donors (Lipinski definition) is 1. The highest BCUT2D eigenvalue weighted by Crippen LogP contribution is 2.31. The minimum atomic E-state index is -4.18. The Hall–Kier alpha value is -2.54. The molecular formula is C15H17F3N4O5S. The third kappa shape index (κ3) is 4.14. The quantitative estimate of drug-likeness (QED) is 0.725. The number of nitrogens with one attached hydrogen (secondary N) is 1. The van der Waals surface area contributed by atoms with Gasteiger partial charge in [-0.3, -0.25) is 9.40 Å². The third-order valence-corrected chi connectivity index (χ3v) is 5.24. The lowest BCUT2D eigenvalue weighted by Gasteiger charge is -2.21. The second kappa shape index (κ2) is 7.83. The van der Waals surface area contributed by atoms with Crippen LogP contribution in [0.2, 0.25) is 0 Å². The van der Waals surface area contributed by atoms with Gasteiger partial charge in [0.1, 0.15) is 10.6 Å². The van der Waals surface area contributed by atoms with Gasteiger partial charge in [0, 0.05) is 6.07 Å². The van der Waals surface area contributed by atoms with Gasteiger partial charge in [-0.15, -0.1) is 0 Å². The molecule has 2 aromatic heterocycles. The van der Waals surface area contributed by atoms with Gasteiger partial charge < -0.3 is 14.2 Å². The molecule has 0 radical (unpaired) electrons. The highest BCUT2D eigenvalue weighted by atomic mass is 32.2. The Morgan fingerprint density at radius 1 is 1.43 bits per heavy atom. The van der Waals surface area contributed by atoms with Gasteiger partial charge in [-0.25, -0.2) is 21.6 Å². The lowest BCUT2D eigenvalue weighted by atomic mass is 10.3. The Balaban J connectivity index is 1.89. The number of rotatable bonds is 7. The van der Waals surface area contributed by atoms with Gasteiger partial charge in [0.05, 0.1) is 38.3 Å². The number of pyridine rings is 1. The van der Waals surface area contributed by atoms with Crippen molar-refractivity contribution >= 4 is 15.7 Å². The molecule has 0 aromatic carbocycles. The molecule has 0 aliphatic carbocycles. The molecule has 1 N–H and O–H groups in total. The van der Waals surface area contributed by atoms with Gasteiger partial charge in [-0.1, -0.05) is 0 Å². The SMILES string of the molecule is COc1nc(OCC(F)F)c(F)cc1NS(=O)(=O)c1cnn2c1COC(C)C2. The summed E-state index contributed by atoms with van der Waals surface area (Å²) >= 11 is 0. The van der Waals surface area contributed by atoms with Crippen LogP contribution in [0.25, 0.3) is 0 Å². The number of fused-ring (bicyclic) bond motifs is 1. The van der Waals surface area contributed by atoms with Crippen molar-refractivity contribution in [1.29, 1.82) is 0 Å². The minimum Gasteiger partial charge on any atom is -0.479 e.